The van der Waals surface area contributed by atoms with Gasteiger partial charge in [0.15, 0.2) is 0 Å². The Morgan fingerprint density at radius 2 is 2.25 bits per heavy atom. The van der Waals surface area contributed by atoms with E-state index in [4.69, 9.17) is 16.6 Å². The third-order valence-electron chi connectivity index (χ3n) is 4.70. The van der Waals surface area contributed by atoms with Crippen molar-refractivity contribution in [3.05, 3.63) is 59.1 Å². The van der Waals surface area contributed by atoms with Crippen LogP contribution in [-0.4, -0.2) is 39.1 Å². The number of fused-ring (bicyclic) bond motifs is 1. The van der Waals surface area contributed by atoms with Crippen LogP contribution in [0.1, 0.15) is 17.4 Å². The van der Waals surface area contributed by atoms with Gasteiger partial charge in [-0.1, -0.05) is 17.7 Å². The Labute approximate surface area is 146 Å². The van der Waals surface area contributed by atoms with E-state index in [1.807, 2.05) is 36.7 Å². The Morgan fingerprint density at radius 1 is 1.33 bits per heavy atom. The first-order valence-electron chi connectivity index (χ1n) is 8.18. The maximum atomic E-state index is 6.10. The number of aromatic nitrogens is 3. The van der Waals surface area contributed by atoms with Crippen LogP contribution >= 0.6 is 11.6 Å². The first kappa shape index (κ1) is 15.6. The number of hydrogen-bond acceptors (Lipinski definition) is 4. The van der Waals surface area contributed by atoms with E-state index >= 15 is 0 Å². The van der Waals surface area contributed by atoms with Crippen molar-refractivity contribution in [2.45, 2.75) is 12.6 Å². The lowest BCUT2D eigenvalue weighted by molar-refractivity contribution is 0.148. The molecule has 0 spiro atoms. The molecular formula is C18H20ClN5. The molecule has 1 aromatic carbocycles. The van der Waals surface area contributed by atoms with E-state index in [1.165, 1.54) is 5.56 Å². The molecular weight excluding hydrogens is 322 g/mol. The second kappa shape index (κ2) is 6.51. The molecule has 4 rings (SSSR count). The van der Waals surface area contributed by atoms with Gasteiger partial charge in [-0.25, -0.2) is 4.98 Å². The van der Waals surface area contributed by atoms with Crippen LogP contribution in [0.5, 0.6) is 0 Å². The van der Waals surface area contributed by atoms with Gasteiger partial charge in [-0.15, -0.1) is 0 Å². The zero-order valence-electron chi connectivity index (χ0n) is 13.6. The smallest absolute Gasteiger partial charge is 0.123 e. The highest BCUT2D eigenvalue weighted by atomic mass is 35.5. The summed E-state index contributed by atoms with van der Waals surface area (Å²) >= 11 is 6.10. The molecule has 6 heteroatoms. The highest BCUT2D eigenvalue weighted by Crippen LogP contribution is 2.25. The van der Waals surface area contributed by atoms with Crippen molar-refractivity contribution in [1.82, 2.24) is 24.8 Å². The molecule has 1 atom stereocenters. The predicted octanol–water partition coefficient (Wildman–Crippen LogP) is 2.77. The van der Waals surface area contributed by atoms with Crippen LogP contribution in [0, 0.1) is 0 Å². The van der Waals surface area contributed by atoms with Crippen molar-refractivity contribution < 1.29 is 0 Å². The molecule has 0 aliphatic carbocycles. The summed E-state index contributed by atoms with van der Waals surface area (Å²) in [4.78, 5) is 11.5. The van der Waals surface area contributed by atoms with Gasteiger partial charge in [0.25, 0.3) is 0 Å². The fraction of sp³-hybridized carbons (Fsp3) is 0.333. The third kappa shape index (κ3) is 2.90. The second-order valence-electron chi connectivity index (χ2n) is 6.20. The van der Waals surface area contributed by atoms with Gasteiger partial charge in [0.2, 0.25) is 0 Å². The number of benzene rings is 1. The molecule has 24 heavy (non-hydrogen) atoms. The minimum absolute atomic E-state index is 0.316. The summed E-state index contributed by atoms with van der Waals surface area (Å²) < 4.78 is 2.16. The maximum absolute atomic E-state index is 6.10. The van der Waals surface area contributed by atoms with Crippen LogP contribution < -0.4 is 5.32 Å². The number of rotatable bonds is 3. The van der Waals surface area contributed by atoms with Crippen LogP contribution in [0.3, 0.4) is 0 Å². The molecule has 2 aromatic heterocycles. The standard InChI is InChI=1S/C18H20ClN5/c1-23-16-5-4-14(19)9-15(16)22-18(23)12-24-8-7-21-11-17(24)13-3-2-6-20-10-13/h2-6,9-10,17,21H,7-8,11-12H2,1H3. The van der Waals surface area contributed by atoms with Gasteiger partial charge in [-0.3, -0.25) is 9.88 Å². The van der Waals surface area contributed by atoms with Crippen LogP contribution in [0.4, 0.5) is 0 Å². The van der Waals surface area contributed by atoms with Crippen LogP contribution in [-0.2, 0) is 13.6 Å². The molecule has 5 nitrogen and oxygen atoms in total. The van der Waals surface area contributed by atoms with Crippen molar-refractivity contribution in [3.8, 4) is 0 Å². The number of pyridine rings is 1. The second-order valence-corrected chi connectivity index (χ2v) is 6.63. The normalized spacial score (nSPS) is 19.0. The Hall–Kier alpha value is -1.95. The van der Waals surface area contributed by atoms with E-state index in [0.717, 1.165) is 48.1 Å². The van der Waals surface area contributed by atoms with Crippen LogP contribution in [0.2, 0.25) is 5.02 Å². The minimum Gasteiger partial charge on any atom is -0.330 e. The van der Waals surface area contributed by atoms with Gasteiger partial charge >= 0.3 is 0 Å². The summed E-state index contributed by atoms with van der Waals surface area (Å²) in [6.07, 6.45) is 3.78. The highest BCUT2D eigenvalue weighted by molar-refractivity contribution is 6.31. The fourth-order valence-electron chi connectivity index (χ4n) is 3.38. The molecule has 1 N–H and O–H groups in total. The fourth-order valence-corrected chi connectivity index (χ4v) is 3.55. The number of hydrogen-bond donors (Lipinski definition) is 1. The monoisotopic (exact) mass is 341 g/mol. The van der Waals surface area contributed by atoms with Crippen molar-refractivity contribution in [2.24, 2.45) is 7.05 Å². The summed E-state index contributed by atoms with van der Waals surface area (Å²) in [6, 6.07) is 10.3. The first-order valence-corrected chi connectivity index (χ1v) is 8.56. The summed E-state index contributed by atoms with van der Waals surface area (Å²) in [6.45, 7) is 3.72. The Balaban J connectivity index is 1.64. The number of nitrogens with one attached hydrogen (secondary N) is 1. The van der Waals surface area contributed by atoms with Gasteiger partial charge in [0.05, 0.1) is 17.6 Å². The molecule has 1 unspecified atom stereocenters. The zero-order chi connectivity index (χ0) is 16.5. The first-order chi connectivity index (χ1) is 11.7. The minimum atomic E-state index is 0.316. The van der Waals surface area contributed by atoms with Crippen molar-refractivity contribution >= 4 is 22.6 Å². The van der Waals surface area contributed by atoms with E-state index in [1.54, 1.807) is 0 Å². The summed E-state index contributed by atoms with van der Waals surface area (Å²) in [7, 11) is 2.07. The lowest BCUT2D eigenvalue weighted by Crippen LogP contribution is -2.45. The third-order valence-corrected chi connectivity index (χ3v) is 4.94. The molecule has 0 radical (unpaired) electrons. The largest absolute Gasteiger partial charge is 0.330 e. The molecule has 3 heterocycles. The van der Waals surface area contributed by atoms with E-state index in [0.29, 0.717) is 6.04 Å². The van der Waals surface area contributed by atoms with Gasteiger partial charge in [0.1, 0.15) is 5.82 Å². The van der Waals surface area contributed by atoms with E-state index in [2.05, 4.69) is 32.9 Å². The van der Waals surface area contributed by atoms with Crippen LogP contribution in [0.25, 0.3) is 11.0 Å². The topological polar surface area (TPSA) is 46.0 Å². The lowest BCUT2D eigenvalue weighted by atomic mass is 10.1. The number of imidazole rings is 1. The summed E-state index contributed by atoms with van der Waals surface area (Å²) in [5.74, 6) is 1.06. The number of nitrogens with zero attached hydrogens (tertiary/aromatic N) is 4. The predicted molar refractivity (Wildman–Crippen MR) is 96.0 cm³/mol. The molecule has 0 amide bonds. The van der Waals surface area contributed by atoms with Crippen molar-refractivity contribution in [1.29, 1.82) is 0 Å². The molecule has 1 saturated heterocycles. The van der Waals surface area contributed by atoms with Gasteiger partial charge in [0, 0.05) is 50.1 Å². The van der Waals surface area contributed by atoms with Gasteiger partial charge < -0.3 is 9.88 Å². The van der Waals surface area contributed by atoms with Crippen molar-refractivity contribution in [3.63, 3.8) is 0 Å². The van der Waals surface area contributed by atoms with E-state index in [9.17, 15) is 0 Å². The summed E-state index contributed by atoms with van der Waals surface area (Å²) in [5.41, 5.74) is 3.31. The molecule has 1 aliphatic heterocycles. The van der Waals surface area contributed by atoms with Gasteiger partial charge in [-0.05, 0) is 29.8 Å². The zero-order valence-corrected chi connectivity index (χ0v) is 14.4. The maximum Gasteiger partial charge on any atom is 0.123 e. The number of piperazine rings is 1. The summed E-state index contributed by atoms with van der Waals surface area (Å²) in [5, 5.41) is 4.21. The van der Waals surface area contributed by atoms with Gasteiger partial charge in [-0.2, -0.15) is 0 Å². The molecule has 1 aliphatic rings. The number of halogens is 1. The Morgan fingerprint density at radius 3 is 3.08 bits per heavy atom. The van der Waals surface area contributed by atoms with E-state index in [-0.39, 0.29) is 0 Å². The average Bonchev–Trinajstić information content (AvgIpc) is 2.91. The molecule has 0 bridgehead atoms. The lowest BCUT2D eigenvalue weighted by Gasteiger charge is -2.36. The Kier molecular flexibility index (Phi) is 4.22. The van der Waals surface area contributed by atoms with Crippen LogP contribution in [0.15, 0.2) is 42.7 Å². The van der Waals surface area contributed by atoms with E-state index < -0.39 is 0 Å². The van der Waals surface area contributed by atoms with Crippen molar-refractivity contribution in [2.75, 3.05) is 19.6 Å². The molecule has 1 fully saturated rings. The average molecular weight is 342 g/mol. The SMILES string of the molecule is Cn1c(CN2CCNCC2c2cccnc2)nc2cc(Cl)ccc21. The molecule has 124 valence electrons. The molecule has 0 saturated carbocycles. The Bertz CT molecular complexity index is 845. The quantitative estimate of drug-likeness (QED) is 0.795. The highest BCUT2D eigenvalue weighted by Gasteiger charge is 2.25. The molecule has 3 aromatic rings. The number of aryl methyl sites for hydroxylation is 1.